The molecule has 0 radical (unpaired) electrons. The zero-order valence-corrected chi connectivity index (χ0v) is 11.3. The molecule has 1 saturated carbocycles. The lowest BCUT2D eigenvalue weighted by atomic mass is 9.83. The molecule has 3 rings (SSSR count). The highest BCUT2D eigenvalue weighted by molar-refractivity contribution is 5.80. The van der Waals surface area contributed by atoms with Crippen molar-refractivity contribution in [3.8, 4) is 0 Å². The molecule has 1 amide bonds. The maximum absolute atomic E-state index is 12.1. The predicted octanol–water partition coefficient (Wildman–Crippen LogP) is 2.58. The first-order chi connectivity index (χ1) is 9.33. The highest BCUT2D eigenvalue weighted by Gasteiger charge is 2.24. The first kappa shape index (κ1) is 12.5. The number of benzene rings is 1. The van der Waals surface area contributed by atoms with E-state index in [2.05, 4.69) is 22.8 Å². The Morgan fingerprint density at radius 3 is 2.95 bits per heavy atom. The highest BCUT2D eigenvalue weighted by Crippen LogP contribution is 2.29. The molecule has 2 N–H and O–H groups in total. The summed E-state index contributed by atoms with van der Waals surface area (Å²) in [6.07, 6.45) is 6.10. The van der Waals surface area contributed by atoms with Gasteiger partial charge < -0.3 is 10.6 Å². The Balaban J connectivity index is 1.48. The van der Waals surface area contributed by atoms with Crippen LogP contribution in [0, 0.1) is 11.8 Å². The van der Waals surface area contributed by atoms with Crippen molar-refractivity contribution >= 4 is 11.6 Å². The van der Waals surface area contributed by atoms with Gasteiger partial charge in [0.1, 0.15) is 0 Å². The summed E-state index contributed by atoms with van der Waals surface area (Å²) in [6, 6.07) is 8.26. The summed E-state index contributed by atoms with van der Waals surface area (Å²) in [6.45, 7) is 1.61. The van der Waals surface area contributed by atoms with Crippen molar-refractivity contribution in [3.63, 3.8) is 0 Å². The van der Waals surface area contributed by atoms with Gasteiger partial charge in [-0.05, 0) is 30.4 Å². The quantitative estimate of drug-likeness (QED) is 0.871. The molecule has 1 aromatic carbocycles. The molecule has 3 nitrogen and oxygen atoms in total. The third kappa shape index (κ3) is 2.91. The van der Waals surface area contributed by atoms with E-state index in [-0.39, 0.29) is 11.8 Å². The van der Waals surface area contributed by atoms with E-state index in [0.29, 0.717) is 0 Å². The predicted molar refractivity (Wildman–Crippen MR) is 77.1 cm³/mol. The number of amides is 1. The third-order valence-electron chi connectivity index (χ3n) is 4.47. The van der Waals surface area contributed by atoms with E-state index in [4.69, 9.17) is 0 Å². The maximum Gasteiger partial charge on any atom is 0.225 e. The number of rotatable bonds is 4. The Labute approximate surface area is 114 Å². The summed E-state index contributed by atoms with van der Waals surface area (Å²) in [5, 5.41) is 6.46. The molecule has 0 bridgehead atoms. The highest BCUT2D eigenvalue weighted by atomic mass is 16.1. The van der Waals surface area contributed by atoms with E-state index in [1.165, 1.54) is 30.5 Å². The van der Waals surface area contributed by atoms with Crippen molar-refractivity contribution in [2.75, 3.05) is 18.4 Å². The SMILES string of the molecule is O=C(NCCC1CCC1)C1CNc2ccccc2C1. The van der Waals surface area contributed by atoms with Crippen LogP contribution in [0.25, 0.3) is 0 Å². The number of anilines is 1. The third-order valence-corrected chi connectivity index (χ3v) is 4.47. The van der Waals surface area contributed by atoms with Gasteiger partial charge in [-0.1, -0.05) is 37.5 Å². The van der Waals surface area contributed by atoms with Crippen LogP contribution in [0.2, 0.25) is 0 Å². The van der Waals surface area contributed by atoms with E-state index in [1.54, 1.807) is 0 Å². The second-order valence-electron chi connectivity index (χ2n) is 5.82. The topological polar surface area (TPSA) is 41.1 Å². The van der Waals surface area contributed by atoms with E-state index in [9.17, 15) is 4.79 Å². The molecule has 0 saturated heterocycles. The molecule has 1 atom stereocenters. The van der Waals surface area contributed by atoms with E-state index < -0.39 is 0 Å². The number of carbonyl (C=O) groups excluding carboxylic acids is 1. The Morgan fingerprint density at radius 1 is 1.32 bits per heavy atom. The van der Waals surface area contributed by atoms with Crippen LogP contribution in [-0.4, -0.2) is 19.0 Å². The normalized spacial score (nSPS) is 22.0. The molecule has 2 aliphatic rings. The fourth-order valence-electron chi connectivity index (χ4n) is 2.95. The van der Waals surface area contributed by atoms with Crippen molar-refractivity contribution in [3.05, 3.63) is 29.8 Å². The van der Waals surface area contributed by atoms with Crippen LogP contribution in [0.15, 0.2) is 24.3 Å². The second-order valence-corrected chi connectivity index (χ2v) is 5.82. The molecule has 1 unspecified atom stereocenters. The Kier molecular flexibility index (Phi) is 3.72. The first-order valence-electron chi connectivity index (χ1n) is 7.42. The van der Waals surface area contributed by atoms with Gasteiger partial charge in [0, 0.05) is 18.8 Å². The monoisotopic (exact) mass is 258 g/mol. The molecule has 1 heterocycles. The Hall–Kier alpha value is -1.51. The summed E-state index contributed by atoms with van der Waals surface area (Å²) < 4.78 is 0. The number of carbonyl (C=O) groups is 1. The van der Waals surface area contributed by atoms with Gasteiger partial charge in [-0.15, -0.1) is 0 Å². The van der Waals surface area contributed by atoms with Crippen LogP contribution in [0.5, 0.6) is 0 Å². The minimum atomic E-state index is 0.0799. The lowest BCUT2D eigenvalue weighted by molar-refractivity contribution is -0.124. The standard InChI is InChI=1S/C16H22N2O/c19-16(17-9-8-12-4-3-5-12)14-10-13-6-1-2-7-15(13)18-11-14/h1-2,6-7,12,14,18H,3-5,8-11H2,(H,17,19). The molecule has 3 heteroatoms. The minimum absolute atomic E-state index is 0.0799. The molecule has 0 spiro atoms. The van der Waals surface area contributed by atoms with Gasteiger partial charge in [0.25, 0.3) is 0 Å². The van der Waals surface area contributed by atoms with Gasteiger partial charge in [-0.25, -0.2) is 0 Å². The van der Waals surface area contributed by atoms with Gasteiger partial charge in [0.2, 0.25) is 5.91 Å². The molecule has 1 fully saturated rings. The maximum atomic E-state index is 12.1. The van der Waals surface area contributed by atoms with Gasteiger partial charge in [-0.3, -0.25) is 4.79 Å². The van der Waals surface area contributed by atoms with Crippen LogP contribution in [0.3, 0.4) is 0 Å². The molecule has 1 aliphatic carbocycles. The summed E-state index contributed by atoms with van der Waals surface area (Å²) >= 11 is 0. The number of hydrogen-bond acceptors (Lipinski definition) is 2. The molecule has 1 aliphatic heterocycles. The molecule has 102 valence electrons. The minimum Gasteiger partial charge on any atom is -0.384 e. The van der Waals surface area contributed by atoms with Gasteiger partial charge in [-0.2, -0.15) is 0 Å². The van der Waals surface area contributed by atoms with Crippen molar-refractivity contribution in [2.24, 2.45) is 11.8 Å². The summed E-state index contributed by atoms with van der Waals surface area (Å²) in [5.74, 6) is 1.16. The first-order valence-corrected chi connectivity index (χ1v) is 7.42. The average molecular weight is 258 g/mol. The van der Waals surface area contributed by atoms with Crippen LogP contribution in [0.4, 0.5) is 5.69 Å². The van der Waals surface area contributed by atoms with Crippen molar-refractivity contribution < 1.29 is 4.79 Å². The van der Waals surface area contributed by atoms with Gasteiger partial charge in [0.15, 0.2) is 0 Å². The van der Waals surface area contributed by atoms with Gasteiger partial charge in [0.05, 0.1) is 5.92 Å². The Morgan fingerprint density at radius 2 is 2.16 bits per heavy atom. The molecular formula is C16H22N2O. The number of para-hydroxylation sites is 1. The van der Waals surface area contributed by atoms with Crippen LogP contribution in [-0.2, 0) is 11.2 Å². The number of nitrogens with one attached hydrogen (secondary N) is 2. The van der Waals surface area contributed by atoms with Crippen molar-refractivity contribution in [1.82, 2.24) is 5.32 Å². The summed E-state index contributed by atoms with van der Waals surface area (Å²) in [7, 11) is 0. The van der Waals surface area contributed by atoms with E-state index in [0.717, 1.165) is 31.8 Å². The smallest absolute Gasteiger partial charge is 0.225 e. The van der Waals surface area contributed by atoms with E-state index in [1.807, 2.05) is 12.1 Å². The summed E-state index contributed by atoms with van der Waals surface area (Å²) in [5.41, 5.74) is 2.44. The van der Waals surface area contributed by atoms with Crippen LogP contribution < -0.4 is 10.6 Å². The lowest BCUT2D eigenvalue weighted by Gasteiger charge is -2.27. The fourth-order valence-corrected chi connectivity index (χ4v) is 2.95. The largest absolute Gasteiger partial charge is 0.384 e. The zero-order valence-electron chi connectivity index (χ0n) is 11.3. The molecule has 19 heavy (non-hydrogen) atoms. The lowest BCUT2D eigenvalue weighted by Crippen LogP contribution is -2.39. The average Bonchev–Trinajstić information content (AvgIpc) is 2.40. The van der Waals surface area contributed by atoms with Gasteiger partial charge >= 0.3 is 0 Å². The van der Waals surface area contributed by atoms with Crippen molar-refractivity contribution in [2.45, 2.75) is 32.1 Å². The molecule has 0 aromatic heterocycles. The molecule has 1 aromatic rings. The van der Waals surface area contributed by atoms with Crippen LogP contribution in [0.1, 0.15) is 31.2 Å². The molecular weight excluding hydrogens is 236 g/mol. The van der Waals surface area contributed by atoms with Crippen LogP contribution >= 0.6 is 0 Å². The fraction of sp³-hybridized carbons (Fsp3) is 0.562. The number of hydrogen-bond donors (Lipinski definition) is 2. The second kappa shape index (κ2) is 5.64. The number of fused-ring (bicyclic) bond motifs is 1. The van der Waals surface area contributed by atoms with Crippen molar-refractivity contribution in [1.29, 1.82) is 0 Å². The van der Waals surface area contributed by atoms with E-state index >= 15 is 0 Å². The Bertz CT molecular complexity index is 454. The summed E-state index contributed by atoms with van der Waals surface area (Å²) in [4.78, 5) is 12.1. The zero-order chi connectivity index (χ0) is 13.1.